The standard InChI is InChI=1S/C11H15F2NO2/c1-15-8-4-3-5-9(16-2)11(8)7(14)6-10(12)13/h3-5,7,10H,6,14H2,1-2H3/t7-/m1/s1. The molecule has 0 saturated carbocycles. The van der Waals surface area contributed by atoms with E-state index < -0.39 is 18.9 Å². The molecule has 0 saturated heterocycles. The first-order valence-electron chi connectivity index (χ1n) is 4.84. The minimum absolute atomic E-state index is 0.420. The van der Waals surface area contributed by atoms with Crippen molar-refractivity contribution < 1.29 is 18.3 Å². The van der Waals surface area contributed by atoms with Crippen LogP contribution in [0.4, 0.5) is 8.78 Å². The van der Waals surface area contributed by atoms with Gasteiger partial charge in [-0.3, -0.25) is 0 Å². The molecule has 1 aromatic rings. The van der Waals surface area contributed by atoms with Crippen LogP contribution in [0.1, 0.15) is 18.0 Å². The van der Waals surface area contributed by atoms with Gasteiger partial charge in [0.2, 0.25) is 6.43 Å². The first kappa shape index (κ1) is 12.7. The molecule has 0 aromatic heterocycles. The zero-order valence-corrected chi connectivity index (χ0v) is 9.24. The molecule has 3 nitrogen and oxygen atoms in total. The van der Waals surface area contributed by atoms with Crippen LogP contribution in [0.5, 0.6) is 11.5 Å². The third-order valence-electron chi connectivity index (χ3n) is 2.27. The molecule has 2 N–H and O–H groups in total. The fourth-order valence-corrected chi connectivity index (χ4v) is 1.56. The highest BCUT2D eigenvalue weighted by molar-refractivity contribution is 5.46. The van der Waals surface area contributed by atoms with Crippen LogP contribution in [-0.2, 0) is 0 Å². The first-order valence-corrected chi connectivity index (χ1v) is 4.84. The zero-order chi connectivity index (χ0) is 12.1. The molecule has 90 valence electrons. The molecule has 0 aliphatic carbocycles. The van der Waals surface area contributed by atoms with Crippen molar-refractivity contribution in [1.82, 2.24) is 0 Å². The minimum atomic E-state index is -2.45. The number of nitrogens with two attached hydrogens (primary N) is 1. The van der Waals surface area contributed by atoms with Crippen LogP contribution >= 0.6 is 0 Å². The summed E-state index contributed by atoms with van der Waals surface area (Å²) in [5.74, 6) is 0.931. The van der Waals surface area contributed by atoms with E-state index in [1.807, 2.05) is 0 Å². The van der Waals surface area contributed by atoms with E-state index >= 15 is 0 Å². The lowest BCUT2D eigenvalue weighted by Gasteiger charge is -2.18. The van der Waals surface area contributed by atoms with Crippen molar-refractivity contribution in [2.24, 2.45) is 5.73 Å². The summed E-state index contributed by atoms with van der Waals surface area (Å²) in [4.78, 5) is 0. The molecule has 0 aliphatic heterocycles. The van der Waals surface area contributed by atoms with E-state index in [4.69, 9.17) is 15.2 Å². The molecule has 0 aliphatic rings. The van der Waals surface area contributed by atoms with Gasteiger partial charge in [0.25, 0.3) is 0 Å². The van der Waals surface area contributed by atoms with Gasteiger partial charge in [0, 0.05) is 12.5 Å². The van der Waals surface area contributed by atoms with Gasteiger partial charge in [0.05, 0.1) is 19.8 Å². The van der Waals surface area contributed by atoms with E-state index in [2.05, 4.69) is 0 Å². The number of alkyl halides is 2. The number of benzene rings is 1. The lowest BCUT2D eigenvalue weighted by Crippen LogP contribution is -2.16. The summed E-state index contributed by atoms with van der Waals surface area (Å²) < 4.78 is 34.7. The summed E-state index contributed by atoms with van der Waals surface area (Å²) in [5.41, 5.74) is 6.19. The zero-order valence-electron chi connectivity index (χ0n) is 9.24. The second kappa shape index (κ2) is 5.65. The van der Waals surface area contributed by atoms with Crippen molar-refractivity contribution in [1.29, 1.82) is 0 Å². The number of rotatable bonds is 5. The maximum atomic E-state index is 12.3. The number of methoxy groups -OCH3 is 2. The van der Waals surface area contributed by atoms with Crippen LogP contribution in [0.15, 0.2) is 18.2 Å². The van der Waals surface area contributed by atoms with E-state index in [1.54, 1.807) is 18.2 Å². The summed E-state index contributed by atoms with van der Waals surface area (Å²) in [6.45, 7) is 0. The number of halogens is 2. The van der Waals surface area contributed by atoms with E-state index in [0.717, 1.165) is 0 Å². The Morgan fingerprint density at radius 3 is 2.06 bits per heavy atom. The Morgan fingerprint density at radius 1 is 1.19 bits per heavy atom. The Hall–Kier alpha value is -1.36. The summed E-state index contributed by atoms with van der Waals surface area (Å²) in [6, 6.07) is 4.26. The molecule has 0 spiro atoms. The van der Waals surface area contributed by atoms with Gasteiger partial charge < -0.3 is 15.2 Å². The fraction of sp³-hybridized carbons (Fsp3) is 0.455. The second-order valence-electron chi connectivity index (χ2n) is 3.31. The van der Waals surface area contributed by atoms with Crippen molar-refractivity contribution in [3.05, 3.63) is 23.8 Å². The van der Waals surface area contributed by atoms with Crippen LogP contribution in [0, 0.1) is 0 Å². The number of hydrogen-bond acceptors (Lipinski definition) is 3. The molecular formula is C11H15F2NO2. The maximum absolute atomic E-state index is 12.3. The molecule has 0 amide bonds. The molecule has 16 heavy (non-hydrogen) atoms. The Bertz CT molecular complexity index is 323. The molecule has 5 heteroatoms. The van der Waals surface area contributed by atoms with Crippen LogP contribution in [0.25, 0.3) is 0 Å². The summed E-state index contributed by atoms with van der Waals surface area (Å²) in [6.07, 6.45) is -2.87. The average Bonchev–Trinajstić information content (AvgIpc) is 2.26. The van der Waals surface area contributed by atoms with Gasteiger partial charge in [-0.2, -0.15) is 0 Å². The highest BCUT2D eigenvalue weighted by Gasteiger charge is 2.20. The highest BCUT2D eigenvalue weighted by Crippen LogP contribution is 2.35. The van der Waals surface area contributed by atoms with Crippen molar-refractivity contribution in [2.75, 3.05) is 14.2 Å². The molecule has 1 aromatic carbocycles. The summed E-state index contributed by atoms with van der Waals surface area (Å²) in [5, 5.41) is 0. The van der Waals surface area contributed by atoms with Crippen LogP contribution in [-0.4, -0.2) is 20.6 Å². The van der Waals surface area contributed by atoms with Crippen molar-refractivity contribution in [2.45, 2.75) is 18.9 Å². The molecule has 1 rings (SSSR count). The van der Waals surface area contributed by atoms with Crippen LogP contribution in [0.3, 0.4) is 0 Å². The molecule has 0 heterocycles. The molecular weight excluding hydrogens is 216 g/mol. The van der Waals surface area contributed by atoms with Gasteiger partial charge in [0.1, 0.15) is 11.5 Å². The lowest BCUT2D eigenvalue weighted by molar-refractivity contribution is 0.127. The average molecular weight is 231 g/mol. The quantitative estimate of drug-likeness (QED) is 0.846. The van der Waals surface area contributed by atoms with Gasteiger partial charge in [-0.25, -0.2) is 8.78 Å². The van der Waals surface area contributed by atoms with Gasteiger partial charge in [0.15, 0.2) is 0 Å². The SMILES string of the molecule is COc1cccc(OC)c1[C@H](N)CC(F)F. The van der Waals surface area contributed by atoms with Crippen molar-refractivity contribution in [3.8, 4) is 11.5 Å². The smallest absolute Gasteiger partial charge is 0.240 e. The topological polar surface area (TPSA) is 44.5 Å². The van der Waals surface area contributed by atoms with Crippen molar-refractivity contribution >= 4 is 0 Å². The van der Waals surface area contributed by atoms with Crippen molar-refractivity contribution in [3.63, 3.8) is 0 Å². The summed E-state index contributed by atoms with van der Waals surface area (Å²) >= 11 is 0. The number of ether oxygens (including phenoxy) is 2. The molecule has 0 bridgehead atoms. The van der Waals surface area contributed by atoms with E-state index in [9.17, 15) is 8.78 Å². The first-order chi connectivity index (χ1) is 7.60. The van der Waals surface area contributed by atoms with Crippen LogP contribution < -0.4 is 15.2 Å². The van der Waals surface area contributed by atoms with Gasteiger partial charge in [-0.15, -0.1) is 0 Å². The highest BCUT2D eigenvalue weighted by atomic mass is 19.3. The van der Waals surface area contributed by atoms with E-state index in [0.29, 0.717) is 17.1 Å². The third-order valence-corrected chi connectivity index (χ3v) is 2.27. The third kappa shape index (κ3) is 2.82. The van der Waals surface area contributed by atoms with Gasteiger partial charge in [-0.1, -0.05) is 6.07 Å². The van der Waals surface area contributed by atoms with Crippen LogP contribution in [0.2, 0.25) is 0 Å². The molecule has 0 unspecified atom stereocenters. The van der Waals surface area contributed by atoms with Gasteiger partial charge in [-0.05, 0) is 12.1 Å². The minimum Gasteiger partial charge on any atom is -0.496 e. The maximum Gasteiger partial charge on any atom is 0.240 e. The monoisotopic (exact) mass is 231 g/mol. The largest absolute Gasteiger partial charge is 0.496 e. The van der Waals surface area contributed by atoms with E-state index in [1.165, 1.54) is 14.2 Å². The van der Waals surface area contributed by atoms with Gasteiger partial charge >= 0.3 is 0 Å². The Kier molecular flexibility index (Phi) is 4.49. The fourth-order valence-electron chi connectivity index (χ4n) is 1.56. The Labute approximate surface area is 93.2 Å². The lowest BCUT2D eigenvalue weighted by atomic mass is 10.0. The predicted octanol–water partition coefficient (Wildman–Crippen LogP) is 2.36. The molecule has 1 atom stereocenters. The number of hydrogen-bond donors (Lipinski definition) is 1. The normalized spacial score (nSPS) is 12.6. The summed E-state index contributed by atoms with van der Waals surface area (Å²) in [7, 11) is 2.93. The molecule has 0 fully saturated rings. The predicted molar refractivity (Wildman–Crippen MR) is 57.1 cm³/mol. The Morgan fingerprint density at radius 2 is 1.69 bits per heavy atom. The molecule has 0 radical (unpaired) electrons. The Balaban J connectivity index is 3.07. The van der Waals surface area contributed by atoms with E-state index in [-0.39, 0.29) is 0 Å². The second-order valence-corrected chi connectivity index (χ2v) is 3.31.